The Morgan fingerprint density at radius 2 is 1.97 bits per heavy atom. The van der Waals surface area contributed by atoms with E-state index in [4.69, 9.17) is 4.74 Å². The maximum absolute atomic E-state index is 12.6. The molecule has 0 bridgehead atoms. The number of anilines is 1. The lowest BCUT2D eigenvalue weighted by Crippen LogP contribution is -2.38. The van der Waals surface area contributed by atoms with E-state index in [0.29, 0.717) is 20.6 Å². The van der Waals surface area contributed by atoms with E-state index < -0.39 is 30.4 Å². The predicted molar refractivity (Wildman–Crippen MR) is 125 cm³/mol. The molecule has 0 saturated carbocycles. The van der Waals surface area contributed by atoms with Crippen LogP contribution in [-0.2, 0) is 19.1 Å². The van der Waals surface area contributed by atoms with Crippen molar-refractivity contribution in [3.63, 3.8) is 0 Å². The van der Waals surface area contributed by atoms with Crippen molar-refractivity contribution in [1.29, 1.82) is 0 Å². The van der Waals surface area contributed by atoms with Gasteiger partial charge in [0.2, 0.25) is 5.91 Å². The van der Waals surface area contributed by atoms with Gasteiger partial charge < -0.3 is 20.1 Å². The van der Waals surface area contributed by atoms with E-state index >= 15 is 0 Å². The smallest absolute Gasteiger partial charge is 0.343 e. The molecule has 2 aromatic carbocycles. The molecule has 4 amide bonds. The van der Waals surface area contributed by atoms with E-state index in [9.17, 15) is 19.2 Å². The van der Waals surface area contributed by atoms with Gasteiger partial charge in [-0.15, -0.1) is 0 Å². The van der Waals surface area contributed by atoms with Gasteiger partial charge in [-0.05, 0) is 71.0 Å². The number of methoxy groups -OCH3 is 1. The summed E-state index contributed by atoms with van der Waals surface area (Å²) in [5.41, 5.74) is 2.24. The SMILES string of the molecule is COC(=O)COc1ccc(/C=C2/NC(=O)N(CC(=O)Nc3cccc(C)c3)C2=O)cc1I. The molecule has 0 radical (unpaired) electrons. The number of urea groups is 1. The molecular weight excluding hydrogens is 529 g/mol. The molecule has 1 saturated heterocycles. The number of rotatable bonds is 7. The van der Waals surface area contributed by atoms with Crippen molar-refractivity contribution in [3.05, 3.63) is 62.9 Å². The topological polar surface area (TPSA) is 114 Å². The average molecular weight is 549 g/mol. The largest absolute Gasteiger partial charge is 0.481 e. The Morgan fingerprint density at radius 1 is 1.19 bits per heavy atom. The lowest BCUT2D eigenvalue weighted by atomic mass is 10.2. The highest BCUT2D eigenvalue weighted by Gasteiger charge is 2.34. The van der Waals surface area contributed by atoms with Crippen LogP contribution in [0.4, 0.5) is 10.5 Å². The first-order valence-electron chi connectivity index (χ1n) is 9.47. The molecule has 0 spiro atoms. The van der Waals surface area contributed by atoms with E-state index in [1.54, 1.807) is 36.4 Å². The minimum atomic E-state index is -0.673. The number of nitrogens with zero attached hydrogens (tertiary/aromatic N) is 1. The molecule has 1 fully saturated rings. The molecule has 166 valence electrons. The fourth-order valence-corrected chi connectivity index (χ4v) is 3.56. The number of imide groups is 1. The highest BCUT2D eigenvalue weighted by Crippen LogP contribution is 2.24. The standard InChI is InChI=1S/C22H20IN3O6/c1-13-4-3-5-15(8-13)24-19(27)11-26-21(29)17(25-22(26)30)10-14-6-7-18(16(23)9-14)32-12-20(28)31-2/h3-10H,11-12H2,1-2H3,(H,24,27)(H,25,30)/b17-10+. The third kappa shape index (κ3) is 5.84. The first-order valence-corrected chi connectivity index (χ1v) is 10.5. The first-order chi connectivity index (χ1) is 15.3. The molecule has 2 aromatic rings. The lowest BCUT2D eigenvalue weighted by Gasteiger charge is -2.12. The Hall–Kier alpha value is -3.41. The van der Waals surface area contributed by atoms with E-state index in [0.717, 1.165) is 10.5 Å². The van der Waals surface area contributed by atoms with Crippen molar-refractivity contribution in [2.24, 2.45) is 0 Å². The number of hydrogen-bond acceptors (Lipinski definition) is 6. The minimum Gasteiger partial charge on any atom is -0.481 e. The van der Waals surface area contributed by atoms with Crippen LogP contribution in [0.15, 0.2) is 48.2 Å². The molecule has 0 atom stereocenters. The number of hydrogen-bond donors (Lipinski definition) is 2. The number of benzene rings is 2. The van der Waals surface area contributed by atoms with Crippen molar-refractivity contribution in [2.45, 2.75) is 6.92 Å². The second kappa shape index (κ2) is 10.3. The fourth-order valence-electron chi connectivity index (χ4n) is 2.87. The number of halogens is 1. The summed E-state index contributed by atoms with van der Waals surface area (Å²) in [5.74, 6) is -1.11. The van der Waals surface area contributed by atoms with Gasteiger partial charge in [0.1, 0.15) is 18.0 Å². The van der Waals surface area contributed by atoms with E-state index in [1.165, 1.54) is 13.2 Å². The lowest BCUT2D eigenvalue weighted by molar-refractivity contribution is -0.143. The van der Waals surface area contributed by atoms with Crippen molar-refractivity contribution >= 4 is 58.2 Å². The van der Waals surface area contributed by atoms with Crippen molar-refractivity contribution in [2.75, 3.05) is 25.6 Å². The summed E-state index contributed by atoms with van der Waals surface area (Å²) in [4.78, 5) is 49.2. The molecule has 1 heterocycles. The summed E-state index contributed by atoms with van der Waals surface area (Å²) in [6.07, 6.45) is 1.50. The summed E-state index contributed by atoms with van der Waals surface area (Å²) in [7, 11) is 1.27. The number of aryl methyl sites for hydroxylation is 1. The monoisotopic (exact) mass is 549 g/mol. The fraction of sp³-hybridized carbons (Fsp3) is 0.182. The van der Waals surface area contributed by atoms with Crippen molar-refractivity contribution in [1.82, 2.24) is 10.2 Å². The predicted octanol–water partition coefficient (Wildman–Crippen LogP) is 2.68. The summed E-state index contributed by atoms with van der Waals surface area (Å²) >= 11 is 2.03. The number of carbonyl (C=O) groups excluding carboxylic acids is 4. The Labute approximate surface area is 197 Å². The van der Waals surface area contributed by atoms with Crippen LogP contribution >= 0.6 is 22.6 Å². The number of amides is 4. The molecule has 10 heteroatoms. The zero-order valence-electron chi connectivity index (χ0n) is 17.3. The molecule has 0 aromatic heterocycles. The van der Waals surface area contributed by atoms with Gasteiger partial charge in [0.25, 0.3) is 5.91 Å². The Balaban J connectivity index is 1.66. The molecule has 32 heavy (non-hydrogen) atoms. The molecule has 2 N–H and O–H groups in total. The van der Waals surface area contributed by atoms with Gasteiger partial charge in [-0.2, -0.15) is 0 Å². The van der Waals surface area contributed by atoms with Crippen LogP contribution in [0, 0.1) is 10.5 Å². The van der Waals surface area contributed by atoms with Crippen LogP contribution in [-0.4, -0.2) is 49.0 Å². The maximum atomic E-state index is 12.6. The molecule has 0 unspecified atom stereocenters. The molecule has 1 aliphatic heterocycles. The highest BCUT2D eigenvalue weighted by molar-refractivity contribution is 14.1. The number of nitrogens with one attached hydrogen (secondary N) is 2. The van der Waals surface area contributed by atoms with Crippen LogP contribution in [0.25, 0.3) is 6.08 Å². The quantitative estimate of drug-likeness (QED) is 0.238. The molecular formula is C22H20IN3O6. The number of carbonyl (C=O) groups is 4. The molecule has 9 nitrogen and oxygen atoms in total. The Bertz CT molecular complexity index is 1110. The van der Waals surface area contributed by atoms with E-state index in [2.05, 4.69) is 15.4 Å². The maximum Gasteiger partial charge on any atom is 0.343 e. The van der Waals surface area contributed by atoms with Crippen molar-refractivity contribution < 1.29 is 28.7 Å². The highest BCUT2D eigenvalue weighted by atomic mass is 127. The zero-order chi connectivity index (χ0) is 23.3. The molecule has 3 rings (SSSR count). The van der Waals surface area contributed by atoms with Gasteiger partial charge in [0.05, 0.1) is 10.7 Å². The van der Waals surface area contributed by atoms with Gasteiger partial charge in [0.15, 0.2) is 6.61 Å². The molecule has 0 aliphatic carbocycles. The molecule has 1 aliphatic rings. The van der Waals surface area contributed by atoms with Gasteiger partial charge in [-0.25, -0.2) is 14.5 Å². The van der Waals surface area contributed by atoms with Gasteiger partial charge in [0, 0.05) is 5.69 Å². The summed E-state index contributed by atoms with van der Waals surface area (Å²) in [6, 6.07) is 11.6. The van der Waals surface area contributed by atoms with Crippen LogP contribution in [0.3, 0.4) is 0 Å². The average Bonchev–Trinajstić information content (AvgIpc) is 3.00. The van der Waals surface area contributed by atoms with Crippen LogP contribution < -0.4 is 15.4 Å². The van der Waals surface area contributed by atoms with Gasteiger partial charge >= 0.3 is 12.0 Å². The van der Waals surface area contributed by atoms with Crippen molar-refractivity contribution in [3.8, 4) is 5.75 Å². The van der Waals surface area contributed by atoms with Crippen LogP contribution in [0.2, 0.25) is 0 Å². The van der Waals surface area contributed by atoms with Gasteiger partial charge in [-0.3, -0.25) is 9.59 Å². The third-order valence-electron chi connectivity index (χ3n) is 4.41. The summed E-state index contributed by atoms with van der Waals surface area (Å²) in [5, 5.41) is 5.16. The van der Waals surface area contributed by atoms with Crippen LogP contribution in [0.5, 0.6) is 5.75 Å². The third-order valence-corrected chi connectivity index (χ3v) is 5.25. The van der Waals surface area contributed by atoms with Gasteiger partial charge in [-0.1, -0.05) is 18.2 Å². The number of esters is 1. The zero-order valence-corrected chi connectivity index (χ0v) is 19.5. The normalized spacial score (nSPS) is 14.3. The second-order valence-electron chi connectivity index (χ2n) is 6.85. The summed E-state index contributed by atoms with van der Waals surface area (Å²) in [6.45, 7) is 1.26. The van der Waals surface area contributed by atoms with E-state index in [-0.39, 0.29) is 12.3 Å². The van der Waals surface area contributed by atoms with E-state index in [1.807, 2.05) is 35.6 Å². The van der Waals surface area contributed by atoms with Crippen LogP contribution in [0.1, 0.15) is 11.1 Å². The first kappa shape index (κ1) is 23.3. The Morgan fingerprint density at radius 3 is 2.66 bits per heavy atom. The number of ether oxygens (including phenoxy) is 2. The summed E-state index contributed by atoms with van der Waals surface area (Å²) < 4.78 is 10.6. The minimum absolute atomic E-state index is 0.0531. The Kier molecular flexibility index (Phi) is 7.46. The second-order valence-corrected chi connectivity index (χ2v) is 8.01.